The first-order valence-electron chi connectivity index (χ1n) is 4.21. The lowest BCUT2D eigenvalue weighted by molar-refractivity contribution is 0.997. The van der Waals surface area contributed by atoms with Gasteiger partial charge in [0.05, 0.1) is 0 Å². The Morgan fingerprint density at radius 1 is 1.25 bits per heavy atom. The molecule has 12 heavy (non-hydrogen) atoms. The molecule has 0 aliphatic rings. The van der Waals surface area contributed by atoms with E-state index in [2.05, 4.69) is 18.0 Å². The van der Waals surface area contributed by atoms with E-state index in [1.54, 1.807) is 0 Å². The number of rotatable bonds is 2. The van der Waals surface area contributed by atoms with E-state index >= 15 is 0 Å². The molecule has 0 atom stereocenters. The molecule has 1 rings (SSSR count). The molecule has 0 amide bonds. The van der Waals surface area contributed by atoms with Gasteiger partial charge in [-0.05, 0) is 31.4 Å². The minimum Gasteiger partial charge on any atom is -0.258 e. The van der Waals surface area contributed by atoms with Crippen LogP contribution in [0.3, 0.4) is 0 Å². The van der Waals surface area contributed by atoms with Crippen LogP contribution in [0.25, 0.3) is 0 Å². The first kappa shape index (κ1) is 9.53. The van der Waals surface area contributed by atoms with Crippen LogP contribution in [0.2, 0.25) is 0 Å². The summed E-state index contributed by atoms with van der Waals surface area (Å²) in [5.74, 6) is 0.562. The van der Waals surface area contributed by atoms with Crippen molar-refractivity contribution in [2.75, 3.05) is 0 Å². The van der Waals surface area contributed by atoms with Crippen LogP contribution in [0.4, 0.5) is 0 Å². The smallest absolute Gasteiger partial charge is 0.0492 e. The SMILES string of the molecule is CCc1cc(CCl)c(C)nc1C. The van der Waals surface area contributed by atoms with E-state index in [9.17, 15) is 0 Å². The number of hydrogen-bond donors (Lipinski definition) is 0. The second-order valence-corrected chi connectivity index (χ2v) is 3.23. The van der Waals surface area contributed by atoms with Crippen LogP contribution < -0.4 is 0 Å². The highest BCUT2D eigenvalue weighted by molar-refractivity contribution is 6.17. The molecule has 0 radical (unpaired) electrons. The largest absolute Gasteiger partial charge is 0.258 e. The van der Waals surface area contributed by atoms with Crippen molar-refractivity contribution < 1.29 is 0 Å². The van der Waals surface area contributed by atoms with E-state index in [-0.39, 0.29) is 0 Å². The number of alkyl halides is 1. The lowest BCUT2D eigenvalue weighted by Crippen LogP contribution is -1.97. The zero-order valence-electron chi connectivity index (χ0n) is 7.82. The van der Waals surface area contributed by atoms with Crippen molar-refractivity contribution in [2.45, 2.75) is 33.1 Å². The third kappa shape index (κ3) is 1.78. The molecule has 1 aromatic rings. The van der Waals surface area contributed by atoms with Crippen molar-refractivity contribution >= 4 is 11.6 Å². The third-order valence-corrected chi connectivity index (χ3v) is 2.43. The molecular formula is C10H14ClN. The van der Waals surface area contributed by atoms with Gasteiger partial charge in [0.1, 0.15) is 0 Å². The predicted molar refractivity (Wildman–Crippen MR) is 52.6 cm³/mol. The molecular weight excluding hydrogens is 170 g/mol. The summed E-state index contributed by atoms with van der Waals surface area (Å²) < 4.78 is 0. The fourth-order valence-electron chi connectivity index (χ4n) is 1.31. The van der Waals surface area contributed by atoms with E-state index < -0.39 is 0 Å². The molecule has 1 nitrogen and oxygen atoms in total. The summed E-state index contributed by atoms with van der Waals surface area (Å²) in [6.45, 7) is 6.19. The fraction of sp³-hybridized carbons (Fsp3) is 0.500. The quantitative estimate of drug-likeness (QED) is 0.643. The molecule has 0 unspecified atom stereocenters. The van der Waals surface area contributed by atoms with Crippen LogP contribution in [0.5, 0.6) is 0 Å². The van der Waals surface area contributed by atoms with Gasteiger partial charge < -0.3 is 0 Å². The van der Waals surface area contributed by atoms with E-state index in [1.807, 2.05) is 13.8 Å². The molecule has 0 fully saturated rings. The Labute approximate surface area is 78.8 Å². The summed E-state index contributed by atoms with van der Waals surface area (Å²) in [4.78, 5) is 4.43. The minimum absolute atomic E-state index is 0.562. The van der Waals surface area contributed by atoms with Crippen LogP contribution in [0.1, 0.15) is 29.4 Å². The molecule has 0 saturated heterocycles. The monoisotopic (exact) mass is 183 g/mol. The number of aryl methyl sites for hydroxylation is 3. The van der Waals surface area contributed by atoms with Gasteiger partial charge in [-0.1, -0.05) is 13.0 Å². The molecule has 0 bridgehead atoms. The first-order valence-corrected chi connectivity index (χ1v) is 4.74. The van der Waals surface area contributed by atoms with E-state index in [4.69, 9.17) is 11.6 Å². The Bertz CT molecular complexity index is 256. The van der Waals surface area contributed by atoms with Crippen LogP contribution in [-0.4, -0.2) is 4.98 Å². The molecule has 0 aromatic carbocycles. The Morgan fingerprint density at radius 2 is 1.83 bits per heavy atom. The highest BCUT2D eigenvalue weighted by atomic mass is 35.5. The number of hydrogen-bond acceptors (Lipinski definition) is 1. The molecule has 0 aliphatic carbocycles. The average molecular weight is 184 g/mol. The minimum atomic E-state index is 0.562. The zero-order chi connectivity index (χ0) is 9.14. The van der Waals surface area contributed by atoms with Gasteiger partial charge in [0, 0.05) is 17.3 Å². The first-order chi connectivity index (χ1) is 5.69. The molecule has 2 heteroatoms. The van der Waals surface area contributed by atoms with Crippen molar-refractivity contribution in [1.29, 1.82) is 0 Å². The highest BCUT2D eigenvalue weighted by Crippen LogP contribution is 2.14. The van der Waals surface area contributed by atoms with Crippen molar-refractivity contribution in [3.63, 3.8) is 0 Å². The molecule has 66 valence electrons. The van der Waals surface area contributed by atoms with E-state index in [1.165, 1.54) is 5.56 Å². The van der Waals surface area contributed by atoms with Crippen LogP contribution in [-0.2, 0) is 12.3 Å². The Kier molecular flexibility index (Phi) is 3.10. The molecule has 0 spiro atoms. The summed E-state index contributed by atoms with van der Waals surface area (Å²) in [7, 11) is 0. The Hall–Kier alpha value is -0.560. The standard InChI is InChI=1S/C10H14ClN/c1-4-9-5-10(6-11)8(3)12-7(9)2/h5H,4,6H2,1-3H3. The molecule has 0 N–H and O–H groups in total. The zero-order valence-corrected chi connectivity index (χ0v) is 8.57. The van der Waals surface area contributed by atoms with Crippen LogP contribution >= 0.6 is 11.6 Å². The lowest BCUT2D eigenvalue weighted by Gasteiger charge is -2.07. The number of pyridine rings is 1. The normalized spacial score (nSPS) is 10.3. The molecule has 1 heterocycles. The van der Waals surface area contributed by atoms with Gasteiger partial charge in [-0.15, -0.1) is 11.6 Å². The van der Waals surface area contributed by atoms with Crippen LogP contribution in [0, 0.1) is 13.8 Å². The lowest BCUT2D eigenvalue weighted by atomic mass is 10.1. The van der Waals surface area contributed by atoms with Crippen LogP contribution in [0.15, 0.2) is 6.07 Å². The summed E-state index contributed by atoms with van der Waals surface area (Å²) in [5.41, 5.74) is 4.64. The van der Waals surface area contributed by atoms with Gasteiger partial charge in [-0.2, -0.15) is 0 Å². The van der Waals surface area contributed by atoms with E-state index in [0.717, 1.165) is 23.4 Å². The summed E-state index contributed by atoms with van der Waals surface area (Å²) >= 11 is 5.77. The average Bonchev–Trinajstić information content (AvgIpc) is 2.05. The van der Waals surface area contributed by atoms with Gasteiger partial charge >= 0.3 is 0 Å². The van der Waals surface area contributed by atoms with Gasteiger partial charge in [-0.25, -0.2) is 0 Å². The molecule has 1 aromatic heterocycles. The van der Waals surface area contributed by atoms with Gasteiger partial charge in [0.15, 0.2) is 0 Å². The van der Waals surface area contributed by atoms with E-state index in [0.29, 0.717) is 5.88 Å². The van der Waals surface area contributed by atoms with Crippen molar-refractivity contribution in [2.24, 2.45) is 0 Å². The van der Waals surface area contributed by atoms with Gasteiger partial charge in [-0.3, -0.25) is 4.98 Å². The number of aromatic nitrogens is 1. The van der Waals surface area contributed by atoms with Gasteiger partial charge in [0.2, 0.25) is 0 Å². The summed E-state index contributed by atoms with van der Waals surface area (Å²) in [6.07, 6.45) is 1.03. The Morgan fingerprint density at radius 3 is 2.33 bits per heavy atom. The second kappa shape index (κ2) is 3.90. The topological polar surface area (TPSA) is 12.9 Å². The molecule has 0 aliphatic heterocycles. The van der Waals surface area contributed by atoms with Crippen molar-refractivity contribution in [3.05, 3.63) is 28.6 Å². The number of nitrogens with zero attached hydrogens (tertiary/aromatic N) is 1. The summed E-state index contributed by atoms with van der Waals surface area (Å²) in [5, 5.41) is 0. The number of halogens is 1. The Balaban J connectivity index is 3.18. The summed E-state index contributed by atoms with van der Waals surface area (Å²) in [6, 6.07) is 2.16. The fourth-order valence-corrected chi connectivity index (χ4v) is 1.58. The highest BCUT2D eigenvalue weighted by Gasteiger charge is 2.03. The maximum absolute atomic E-state index is 5.77. The van der Waals surface area contributed by atoms with Crippen molar-refractivity contribution in [1.82, 2.24) is 4.98 Å². The predicted octanol–water partition coefficient (Wildman–Crippen LogP) is 3.00. The third-order valence-electron chi connectivity index (χ3n) is 2.14. The maximum atomic E-state index is 5.77. The maximum Gasteiger partial charge on any atom is 0.0492 e. The van der Waals surface area contributed by atoms with Gasteiger partial charge in [0.25, 0.3) is 0 Å². The molecule has 0 saturated carbocycles. The van der Waals surface area contributed by atoms with Crippen molar-refractivity contribution in [3.8, 4) is 0 Å². The second-order valence-electron chi connectivity index (χ2n) is 2.96.